The quantitative estimate of drug-likeness (QED) is 0.163. The van der Waals surface area contributed by atoms with Crippen molar-refractivity contribution in [3.63, 3.8) is 0 Å². The lowest BCUT2D eigenvalue weighted by Gasteiger charge is -2.33. The normalized spacial score (nSPS) is 13.8. The van der Waals surface area contributed by atoms with Crippen LogP contribution in [0, 0.1) is 32.1 Å². The number of fused-ring (bicyclic) bond motifs is 1. The molecule has 0 bridgehead atoms. The molecule has 0 aliphatic heterocycles. The molecule has 63 heavy (non-hydrogen) atoms. The van der Waals surface area contributed by atoms with Crippen molar-refractivity contribution in [3.8, 4) is 5.75 Å². The SMILES string of the molecule is CC(C)(C)C1CCCCC1.CC(C)(C)c1ccc(C(C)(C)C)cc1.COc1cc(C)ccc1C(C)(C)C.Cc1ccc(C(C)(C)C)c2ccccc12.Cc1ccc(C(C)(C)C)cc1. The fraction of sp³-hybridized carbons (Fsp3) is 0.548. The Hall–Kier alpha value is -3.84. The lowest BCUT2D eigenvalue weighted by molar-refractivity contribution is 0.180. The molecule has 1 aliphatic rings. The third-order valence-electron chi connectivity index (χ3n) is 12.5. The topological polar surface area (TPSA) is 9.23 Å². The van der Waals surface area contributed by atoms with Gasteiger partial charge in [-0.2, -0.15) is 0 Å². The smallest absolute Gasteiger partial charge is 0.122 e. The average molecular weight is 855 g/mol. The highest BCUT2D eigenvalue weighted by molar-refractivity contribution is 5.89. The first-order chi connectivity index (χ1) is 28.8. The molecule has 1 fully saturated rings. The Labute approximate surface area is 390 Å². The average Bonchev–Trinajstić information content (AvgIpc) is 3.17. The van der Waals surface area contributed by atoms with Crippen molar-refractivity contribution < 1.29 is 4.74 Å². The van der Waals surface area contributed by atoms with Gasteiger partial charge >= 0.3 is 0 Å². The van der Waals surface area contributed by atoms with E-state index >= 15 is 0 Å². The van der Waals surface area contributed by atoms with Crippen molar-refractivity contribution in [2.75, 3.05) is 7.11 Å². The Morgan fingerprint density at radius 1 is 0.397 bits per heavy atom. The number of rotatable bonds is 1. The van der Waals surface area contributed by atoms with Crippen molar-refractivity contribution in [3.05, 3.63) is 148 Å². The first kappa shape index (κ1) is 55.3. The van der Waals surface area contributed by atoms with E-state index in [0.29, 0.717) is 5.41 Å². The van der Waals surface area contributed by atoms with Crippen molar-refractivity contribution in [2.24, 2.45) is 11.3 Å². The molecule has 0 heterocycles. The summed E-state index contributed by atoms with van der Waals surface area (Å²) in [4.78, 5) is 0. The first-order valence-corrected chi connectivity index (χ1v) is 24.1. The van der Waals surface area contributed by atoms with Gasteiger partial charge in [-0.1, -0.05) is 247 Å². The Morgan fingerprint density at radius 2 is 0.778 bits per heavy atom. The highest BCUT2D eigenvalue weighted by Crippen LogP contribution is 2.38. The Balaban J connectivity index is 0.000000273. The molecule has 1 saturated carbocycles. The van der Waals surface area contributed by atoms with E-state index in [-0.39, 0.29) is 27.1 Å². The zero-order chi connectivity index (χ0) is 48.2. The van der Waals surface area contributed by atoms with Gasteiger partial charge in [0.25, 0.3) is 0 Å². The molecule has 1 aliphatic carbocycles. The van der Waals surface area contributed by atoms with Gasteiger partial charge in [0, 0.05) is 0 Å². The zero-order valence-electron chi connectivity index (χ0n) is 44.8. The molecular formula is C62H94O. The molecule has 5 aromatic carbocycles. The van der Waals surface area contributed by atoms with Gasteiger partial charge in [-0.3, -0.25) is 0 Å². The molecule has 1 heteroatoms. The third kappa shape index (κ3) is 18.7. The predicted octanol–water partition coefficient (Wildman–Crippen LogP) is 18.9. The maximum Gasteiger partial charge on any atom is 0.122 e. The first-order valence-electron chi connectivity index (χ1n) is 24.1. The predicted molar refractivity (Wildman–Crippen MR) is 284 cm³/mol. The molecule has 0 radical (unpaired) electrons. The molecule has 0 unspecified atom stereocenters. The van der Waals surface area contributed by atoms with Gasteiger partial charge in [0.05, 0.1) is 7.11 Å². The fourth-order valence-corrected chi connectivity index (χ4v) is 8.01. The van der Waals surface area contributed by atoms with Crippen molar-refractivity contribution in [1.29, 1.82) is 0 Å². The monoisotopic (exact) mass is 855 g/mol. The van der Waals surface area contributed by atoms with Crippen LogP contribution in [0.4, 0.5) is 0 Å². The van der Waals surface area contributed by atoms with Crippen LogP contribution in [0.2, 0.25) is 0 Å². The summed E-state index contributed by atoms with van der Waals surface area (Å²) in [5.41, 5.74) is 12.6. The molecular weight excluding hydrogens is 761 g/mol. The van der Waals surface area contributed by atoms with Crippen LogP contribution in [0.25, 0.3) is 10.8 Å². The number of ether oxygens (including phenoxy) is 1. The van der Waals surface area contributed by atoms with E-state index in [4.69, 9.17) is 4.74 Å². The van der Waals surface area contributed by atoms with Gasteiger partial charge in [0.2, 0.25) is 0 Å². The van der Waals surface area contributed by atoms with Crippen LogP contribution >= 0.6 is 0 Å². The Kier molecular flexibility index (Phi) is 20.1. The summed E-state index contributed by atoms with van der Waals surface area (Å²) >= 11 is 0. The van der Waals surface area contributed by atoms with E-state index in [1.807, 2.05) is 0 Å². The molecule has 0 spiro atoms. The molecule has 6 rings (SSSR count). The van der Waals surface area contributed by atoms with Gasteiger partial charge in [0.1, 0.15) is 5.75 Å². The lowest BCUT2D eigenvalue weighted by Crippen LogP contribution is -2.22. The molecule has 0 saturated heterocycles. The number of aryl methyl sites for hydroxylation is 3. The minimum atomic E-state index is 0.152. The Morgan fingerprint density at radius 3 is 1.14 bits per heavy atom. The van der Waals surface area contributed by atoms with Gasteiger partial charge in [-0.25, -0.2) is 0 Å². The number of hydrogen-bond acceptors (Lipinski definition) is 1. The number of methoxy groups -OCH3 is 1. The molecule has 0 atom stereocenters. The minimum Gasteiger partial charge on any atom is -0.496 e. The standard InChI is InChI=1S/C15H18.C14H22.C12H18O.C11H16.C10H20/c1-11-9-10-14(15(2,3)4)13-8-6-5-7-12(11)13;1-13(2,3)11-7-9-12(10-8-11)14(4,5)6;1-9-6-7-10(12(2,3)4)11(8-9)13-5;1-9-5-7-10(8-6-9)11(2,3)4;1-10(2,3)9-7-5-4-6-8-9/h5-10H,1-4H3;7-10H,1-6H3;6-8H,1-5H3;5-8H,1-4H3;9H,4-8H2,1-3H3. The molecule has 5 aromatic rings. The van der Waals surface area contributed by atoms with Crippen LogP contribution in [0.15, 0.2) is 103 Å². The fourth-order valence-electron chi connectivity index (χ4n) is 8.01. The van der Waals surface area contributed by atoms with E-state index in [2.05, 4.69) is 249 Å². The van der Waals surface area contributed by atoms with Crippen LogP contribution in [-0.2, 0) is 27.1 Å². The van der Waals surface area contributed by atoms with Crippen LogP contribution < -0.4 is 4.74 Å². The largest absolute Gasteiger partial charge is 0.496 e. The molecule has 1 nitrogen and oxygen atoms in total. The summed E-state index contributed by atoms with van der Waals surface area (Å²) < 4.78 is 5.35. The van der Waals surface area contributed by atoms with E-state index in [1.165, 1.54) is 87.4 Å². The maximum absolute atomic E-state index is 5.35. The zero-order valence-corrected chi connectivity index (χ0v) is 44.8. The molecule has 0 N–H and O–H groups in total. The van der Waals surface area contributed by atoms with Crippen LogP contribution in [0.3, 0.4) is 0 Å². The second-order valence-corrected chi connectivity index (χ2v) is 24.6. The third-order valence-corrected chi connectivity index (χ3v) is 12.5. The van der Waals surface area contributed by atoms with Crippen molar-refractivity contribution in [1.82, 2.24) is 0 Å². The van der Waals surface area contributed by atoms with Gasteiger partial charge in [0.15, 0.2) is 0 Å². The summed E-state index contributed by atoms with van der Waals surface area (Å²) in [6.45, 7) is 47.1. The van der Waals surface area contributed by atoms with Crippen LogP contribution in [0.5, 0.6) is 5.75 Å². The lowest BCUT2D eigenvalue weighted by atomic mass is 9.72. The molecule has 0 aromatic heterocycles. The highest BCUT2D eigenvalue weighted by atomic mass is 16.5. The summed E-state index contributed by atoms with van der Waals surface area (Å²) in [6, 6.07) is 37.3. The maximum atomic E-state index is 5.35. The van der Waals surface area contributed by atoms with Gasteiger partial charge < -0.3 is 4.74 Å². The molecule has 0 amide bonds. The Bertz CT molecular complexity index is 2050. The number of hydrogen-bond donors (Lipinski definition) is 0. The second kappa shape index (κ2) is 22.9. The van der Waals surface area contributed by atoms with Crippen LogP contribution in [0.1, 0.15) is 201 Å². The number of benzene rings is 5. The van der Waals surface area contributed by atoms with E-state index < -0.39 is 0 Å². The minimum absolute atomic E-state index is 0.152. The van der Waals surface area contributed by atoms with Crippen LogP contribution in [-0.4, -0.2) is 7.11 Å². The summed E-state index contributed by atoms with van der Waals surface area (Å²) in [7, 11) is 1.73. The van der Waals surface area contributed by atoms with Crippen molar-refractivity contribution in [2.45, 2.75) is 205 Å². The van der Waals surface area contributed by atoms with Crippen molar-refractivity contribution >= 4 is 10.8 Å². The van der Waals surface area contributed by atoms with Gasteiger partial charge in [-0.05, 0) is 128 Å². The van der Waals surface area contributed by atoms with E-state index in [9.17, 15) is 0 Å². The van der Waals surface area contributed by atoms with E-state index in [0.717, 1.165) is 11.7 Å². The van der Waals surface area contributed by atoms with E-state index in [1.54, 1.807) is 7.11 Å². The highest BCUT2D eigenvalue weighted by Gasteiger charge is 2.25. The summed E-state index contributed by atoms with van der Waals surface area (Å²) in [5.74, 6) is 1.99. The summed E-state index contributed by atoms with van der Waals surface area (Å²) in [5, 5.41) is 2.77. The molecule has 348 valence electrons. The van der Waals surface area contributed by atoms with Gasteiger partial charge in [-0.15, -0.1) is 0 Å². The second-order valence-electron chi connectivity index (χ2n) is 24.6. The summed E-state index contributed by atoms with van der Waals surface area (Å²) in [6.07, 6.45) is 7.38.